The Morgan fingerprint density at radius 3 is 2.41 bits per heavy atom. The predicted octanol–water partition coefficient (Wildman–Crippen LogP) is 4.90. The minimum Gasteiger partial charge on any atom is -0.376 e. The number of hydrogen-bond acceptors (Lipinski definition) is 3. The number of nitrogens with one attached hydrogen (secondary N) is 1. The maximum atomic E-state index is 13.8. The van der Waals surface area contributed by atoms with Crippen LogP contribution in [-0.4, -0.2) is 42.5 Å². The Kier molecular flexibility index (Phi) is 8.39. The van der Waals surface area contributed by atoms with Crippen LogP contribution in [0.4, 0.5) is 0 Å². The lowest BCUT2D eigenvalue weighted by atomic mass is 9.98. The Bertz CT molecular complexity index is 960. The molecular weight excluding hydrogens is 424 g/mol. The zero-order valence-electron chi connectivity index (χ0n) is 20.6. The largest absolute Gasteiger partial charge is 0.376 e. The molecule has 1 aliphatic carbocycles. The van der Waals surface area contributed by atoms with E-state index in [-0.39, 0.29) is 17.9 Å². The zero-order chi connectivity index (χ0) is 23.9. The van der Waals surface area contributed by atoms with Gasteiger partial charge in [-0.1, -0.05) is 66.9 Å². The molecule has 2 fully saturated rings. The van der Waals surface area contributed by atoms with Crippen molar-refractivity contribution in [3.63, 3.8) is 0 Å². The number of aryl methyl sites for hydroxylation is 2. The summed E-state index contributed by atoms with van der Waals surface area (Å²) in [4.78, 5) is 29.3. The molecule has 5 heteroatoms. The average Bonchev–Trinajstić information content (AvgIpc) is 3.54. The summed E-state index contributed by atoms with van der Waals surface area (Å²) in [5.74, 6) is 0.342. The van der Waals surface area contributed by atoms with E-state index in [1.165, 1.54) is 12.8 Å². The van der Waals surface area contributed by atoms with E-state index in [2.05, 4.69) is 5.32 Å². The van der Waals surface area contributed by atoms with Crippen molar-refractivity contribution < 1.29 is 14.3 Å². The van der Waals surface area contributed by atoms with Gasteiger partial charge in [-0.25, -0.2) is 0 Å². The van der Waals surface area contributed by atoms with Crippen LogP contribution >= 0.6 is 0 Å². The second-order valence-electron chi connectivity index (χ2n) is 9.99. The van der Waals surface area contributed by atoms with E-state index in [0.717, 1.165) is 54.5 Å². The van der Waals surface area contributed by atoms with Gasteiger partial charge < -0.3 is 15.0 Å². The molecule has 2 aliphatic rings. The molecule has 0 radical (unpaired) electrons. The molecule has 1 saturated heterocycles. The van der Waals surface area contributed by atoms with E-state index in [9.17, 15) is 9.59 Å². The molecule has 1 aliphatic heterocycles. The molecule has 182 valence electrons. The number of carbonyl (C=O) groups is 2. The van der Waals surface area contributed by atoms with E-state index in [4.69, 9.17) is 4.74 Å². The van der Waals surface area contributed by atoms with Crippen LogP contribution in [0.5, 0.6) is 0 Å². The standard InChI is InChI=1S/C29H38N2O3/c1-21-13-15-24(16-14-21)28(29(33)30-19-26-12-7-17-34-26)31(20-23-9-4-5-10-23)27(32)18-25-11-6-3-8-22(25)2/h3,6,8,11,13-16,23,26,28H,4-5,7,9-10,12,17-20H2,1-2H3,(H,30,33). The quantitative estimate of drug-likeness (QED) is 0.577. The second kappa shape index (κ2) is 11.7. The lowest BCUT2D eigenvalue weighted by Gasteiger charge is -2.34. The number of carbonyl (C=O) groups excluding carboxylic acids is 2. The van der Waals surface area contributed by atoms with Gasteiger partial charge in [0, 0.05) is 19.7 Å². The van der Waals surface area contributed by atoms with Gasteiger partial charge in [0.15, 0.2) is 0 Å². The highest BCUT2D eigenvalue weighted by molar-refractivity contribution is 5.89. The predicted molar refractivity (Wildman–Crippen MR) is 134 cm³/mol. The number of hydrogen-bond donors (Lipinski definition) is 1. The van der Waals surface area contributed by atoms with Crippen LogP contribution in [0.1, 0.15) is 66.8 Å². The highest BCUT2D eigenvalue weighted by Crippen LogP contribution is 2.31. The molecule has 2 amide bonds. The van der Waals surface area contributed by atoms with E-state index in [1.54, 1.807) is 0 Å². The molecular formula is C29H38N2O3. The summed E-state index contributed by atoms with van der Waals surface area (Å²) in [6, 6.07) is 15.4. The minimum atomic E-state index is -0.640. The number of benzene rings is 2. The molecule has 0 aromatic heterocycles. The van der Waals surface area contributed by atoms with Gasteiger partial charge in [-0.2, -0.15) is 0 Å². The number of nitrogens with zero attached hydrogens (tertiary/aromatic N) is 1. The summed E-state index contributed by atoms with van der Waals surface area (Å²) in [5.41, 5.74) is 4.13. The highest BCUT2D eigenvalue weighted by atomic mass is 16.5. The van der Waals surface area contributed by atoms with Crippen molar-refractivity contribution >= 4 is 11.8 Å². The molecule has 2 unspecified atom stereocenters. The molecule has 1 N–H and O–H groups in total. The summed E-state index contributed by atoms with van der Waals surface area (Å²) < 4.78 is 5.72. The molecule has 4 rings (SSSR count). The number of ether oxygens (including phenoxy) is 1. The molecule has 2 aromatic rings. The molecule has 1 heterocycles. The van der Waals surface area contributed by atoms with E-state index in [1.807, 2.05) is 67.3 Å². The summed E-state index contributed by atoms with van der Waals surface area (Å²) >= 11 is 0. The normalized spacial score (nSPS) is 19.2. The Balaban J connectivity index is 1.62. The van der Waals surface area contributed by atoms with Crippen LogP contribution in [0.15, 0.2) is 48.5 Å². The van der Waals surface area contributed by atoms with Gasteiger partial charge in [0.1, 0.15) is 6.04 Å². The topological polar surface area (TPSA) is 58.6 Å². The van der Waals surface area contributed by atoms with Crippen LogP contribution < -0.4 is 5.32 Å². The lowest BCUT2D eigenvalue weighted by molar-refractivity contribution is -0.141. The minimum absolute atomic E-state index is 0.0130. The Morgan fingerprint density at radius 2 is 1.74 bits per heavy atom. The van der Waals surface area contributed by atoms with Crippen LogP contribution in [0.3, 0.4) is 0 Å². The van der Waals surface area contributed by atoms with Gasteiger partial charge in [-0.05, 0) is 62.1 Å². The highest BCUT2D eigenvalue weighted by Gasteiger charge is 2.34. The summed E-state index contributed by atoms with van der Waals surface area (Å²) in [6.07, 6.45) is 7.00. The van der Waals surface area contributed by atoms with E-state index < -0.39 is 6.04 Å². The Hall–Kier alpha value is -2.66. The third-order valence-electron chi connectivity index (χ3n) is 7.33. The van der Waals surface area contributed by atoms with Crippen LogP contribution in [0.2, 0.25) is 0 Å². The first kappa shape index (κ1) is 24.5. The van der Waals surface area contributed by atoms with Gasteiger partial charge in [0.2, 0.25) is 11.8 Å². The summed E-state index contributed by atoms with van der Waals surface area (Å²) in [7, 11) is 0. The Labute approximate surface area is 203 Å². The van der Waals surface area contributed by atoms with Crippen molar-refractivity contribution in [3.8, 4) is 0 Å². The first-order valence-corrected chi connectivity index (χ1v) is 12.8. The molecule has 0 spiro atoms. The maximum Gasteiger partial charge on any atom is 0.247 e. The van der Waals surface area contributed by atoms with Crippen molar-refractivity contribution in [3.05, 3.63) is 70.8 Å². The maximum absolute atomic E-state index is 13.8. The first-order chi connectivity index (χ1) is 16.5. The van der Waals surface area contributed by atoms with Crippen molar-refractivity contribution in [2.45, 2.75) is 70.9 Å². The third-order valence-corrected chi connectivity index (χ3v) is 7.33. The van der Waals surface area contributed by atoms with Crippen LogP contribution in [0.25, 0.3) is 0 Å². The van der Waals surface area contributed by atoms with Crippen LogP contribution in [-0.2, 0) is 20.7 Å². The van der Waals surface area contributed by atoms with Gasteiger partial charge in [-0.3, -0.25) is 9.59 Å². The van der Waals surface area contributed by atoms with Crippen molar-refractivity contribution in [1.82, 2.24) is 10.2 Å². The molecule has 2 aromatic carbocycles. The average molecular weight is 463 g/mol. The fraction of sp³-hybridized carbons (Fsp3) is 0.517. The first-order valence-electron chi connectivity index (χ1n) is 12.8. The molecule has 34 heavy (non-hydrogen) atoms. The number of rotatable bonds is 9. The fourth-order valence-electron chi connectivity index (χ4n) is 5.23. The van der Waals surface area contributed by atoms with Crippen molar-refractivity contribution in [2.24, 2.45) is 5.92 Å². The van der Waals surface area contributed by atoms with E-state index >= 15 is 0 Å². The second-order valence-corrected chi connectivity index (χ2v) is 9.99. The fourth-order valence-corrected chi connectivity index (χ4v) is 5.23. The number of amides is 2. The SMILES string of the molecule is Cc1ccc(C(C(=O)NCC2CCCO2)N(CC2CCCC2)C(=O)Cc2ccccc2C)cc1. The summed E-state index contributed by atoms with van der Waals surface area (Å²) in [5, 5.41) is 3.12. The molecule has 5 nitrogen and oxygen atoms in total. The van der Waals surface area contributed by atoms with Gasteiger partial charge in [0.25, 0.3) is 0 Å². The zero-order valence-corrected chi connectivity index (χ0v) is 20.6. The van der Waals surface area contributed by atoms with Gasteiger partial charge in [0.05, 0.1) is 12.5 Å². The smallest absolute Gasteiger partial charge is 0.247 e. The molecule has 0 bridgehead atoms. The van der Waals surface area contributed by atoms with E-state index in [0.29, 0.717) is 25.4 Å². The van der Waals surface area contributed by atoms with Gasteiger partial charge >= 0.3 is 0 Å². The Morgan fingerprint density at radius 1 is 1.00 bits per heavy atom. The monoisotopic (exact) mass is 462 g/mol. The molecule has 2 atom stereocenters. The lowest BCUT2D eigenvalue weighted by Crippen LogP contribution is -2.47. The summed E-state index contributed by atoms with van der Waals surface area (Å²) in [6.45, 7) is 5.94. The molecule has 1 saturated carbocycles. The van der Waals surface area contributed by atoms with Gasteiger partial charge in [-0.15, -0.1) is 0 Å². The van der Waals surface area contributed by atoms with Crippen LogP contribution in [0, 0.1) is 19.8 Å². The van der Waals surface area contributed by atoms with Crippen molar-refractivity contribution in [1.29, 1.82) is 0 Å². The van der Waals surface area contributed by atoms with Crippen molar-refractivity contribution in [2.75, 3.05) is 19.7 Å². The third kappa shape index (κ3) is 6.26.